The zero-order valence-electron chi connectivity index (χ0n) is 15.3. The lowest BCUT2D eigenvalue weighted by molar-refractivity contribution is -0.123. The summed E-state index contributed by atoms with van der Waals surface area (Å²) in [5, 5.41) is 0.483. The molecule has 0 radical (unpaired) electrons. The Morgan fingerprint density at radius 3 is 2.61 bits per heavy atom. The number of fused-ring (bicyclic) bond motifs is 1. The maximum atomic E-state index is 13.2. The molecular weight excluding hydrogens is 400 g/mol. The van der Waals surface area contributed by atoms with Crippen LogP contribution in [0.2, 0.25) is 5.02 Å². The lowest BCUT2D eigenvalue weighted by Gasteiger charge is -2.36. The zero-order chi connectivity index (χ0) is 19.7. The molecule has 1 fully saturated rings. The normalized spacial score (nSPS) is 20.3. The summed E-state index contributed by atoms with van der Waals surface area (Å²) in [6.45, 7) is 1.50. The predicted molar refractivity (Wildman–Crippen MR) is 107 cm³/mol. The van der Waals surface area contributed by atoms with Gasteiger partial charge in [0.15, 0.2) is 0 Å². The molecule has 1 saturated heterocycles. The summed E-state index contributed by atoms with van der Waals surface area (Å²) in [6, 6.07) is 13.6. The number of nitrogens with zero attached hydrogens (tertiary/aromatic N) is 2. The first-order valence-electron chi connectivity index (χ1n) is 9.26. The molecule has 2 aromatic carbocycles. The molecule has 0 aliphatic carbocycles. The molecule has 8 heteroatoms. The van der Waals surface area contributed by atoms with Crippen molar-refractivity contribution >= 4 is 33.2 Å². The molecule has 0 unspecified atom stereocenters. The summed E-state index contributed by atoms with van der Waals surface area (Å²) in [4.78, 5) is 15.1. The van der Waals surface area contributed by atoms with E-state index in [1.807, 2.05) is 24.3 Å². The summed E-state index contributed by atoms with van der Waals surface area (Å²) < 4.78 is 33.0. The SMILES string of the molecule is O=C([C@@H]1CCCN(S(=O)(=O)c2ccc(Cl)cc2)C1)N1CCOc2ccccc21. The molecule has 0 N–H and O–H groups in total. The van der Waals surface area contributed by atoms with Crippen molar-refractivity contribution in [2.24, 2.45) is 5.92 Å². The van der Waals surface area contributed by atoms with Crippen molar-refractivity contribution < 1.29 is 17.9 Å². The number of hydrogen-bond donors (Lipinski definition) is 0. The molecule has 2 aliphatic heterocycles. The molecule has 6 nitrogen and oxygen atoms in total. The molecule has 148 valence electrons. The quantitative estimate of drug-likeness (QED) is 0.764. The van der Waals surface area contributed by atoms with Crippen LogP contribution >= 0.6 is 11.6 Å². The number of carbonyl (C=O) groups excluding carboxylic acids is 1. The van der Waals surface area contributed by atoms with Crippen LogP contribution in [0.5, 0.6) is 5.75 Å². The van der Waals surface area contributed by atoms with Crippen molar-refractivity contribution in [3.05, 3.63) is 53.6 Å². The van der Waals surface area contributed by atoms with Crippen molar-refractivity contribution in [2.45, 2.75) is 17.7 Å². The molecule has 28 heavy (non-hydrogen) atoms. The Bertz CT molecular complexity index is 978. The standard InChI is InChI=1S/C20H21ClN2O4S/c21-16-7-9-17(10-8-16)28(25,26)22-11-3-4-15(14-22)20(24)23-12-13-27-19-6-2-1-5-18(19)23/h1-2,5-10,15H,3-4,11-14H2/t15-/m1/s1. The Hall–Kier alpha value is -2.09. The fourth-order valence-electron chi connectivity index (χ4n) is 3.74. The molecule has 0 spiro atoms. The highest BCUT2D eigenvalue weighted by Crippen LogP contribution is 2.33. The second-order valence-electron chi connectivity index (χ2n) is 6.96. The number of halogens is 1. The summed E-state index contributed by atoms with van der Waals surface area (Å²) in [5.74, 6) is 0.261. The topological polar surface area (TPSA) is 66.9 Å². The van der Waals surface area contributed by atoms with E-state index < -0.39 is 10.0 Å². The van der Waals surface area contributed by atoms with E-state index in [-0.39, 0.29) is 23.3 Å². The van der Waals surface area contributed by atoms with Crippen molar-refractivity contribution in [1.29, 1.82) is 0 Å². The van der Waals surface area contributed by atoms with Gasteiger partial charge in [-0.05, 0) is 49.2 Å². The van der Waals surface area contributed by atoms with Crippen molar-refractivity contribution in [1.82, 2.24) is 4.31 Å². The van der Waals surface area contributed by atoms with E-state index in [2.05, 4.69) is 0 Å². The van der Waals surface area contributed by atoms with Gasteiger partial charge in [0.25, 0.3) is 0 Å². The molecule has 2 heterocycles. The van der Waals surface area contributed by atoms with Gasteiger partial charge < -0.3 is 9.64 Å². The van der Waals surface area contributed by atoms with E-state index in [4.69, 9.17) is 16.3 Å². The second-order valence-corrected chi connectivity index (χ2v) is 9.34. The van der Waals surface area contributed by atoms with Crippen LogP contribution in [-0.4, -0.2) is 44.9 Å². The van der Waals surface area contributed by atoms with Gasteiger partial charge >= 0.3 is 0 Å². The number of ether oxygens (including phenoxy) is 1. The van der Waals surface area contributed by atoms with E-state index in [9.17, 15) is 13.2 Å². The molecule has 0 bridgehead atoms. The van der Waals surface area contributed by atoms with Crippen molar-refractivity contribution in [2.75, 3.05) is 31.1 Å². The highest BCUT2D eigenvalue weighted by molar-refractivity contribution is 7.89. The first-order chi connectivity index (χ1) is 13.5. The first-order valence-corrected chi connectivity index (χ1v) is 11.1. The van der Waals surface area contributed by atoms with Gasteiger partial charge in [0.2, 0.25) is 15.9 Å². The molecule has 4 rings (SSSR count). The number of hydrogen-bond acceptors (Lipinski definition) is 4. The fraction of sp³-hybridized carbons (Fsp3) is 0.350. The summed E-state index contributed by atoms with van der Waals surface area (Å²) in [5.41, 5.74) is 0.747. The van der Waals surface area contributed by atoms with E-state index in [0.717, 1.165) is 5.69 Å². The number of para-hydroxylation sites is 2. The summed E-state index contributed by atoms with van der Waals surface area (Å²) in [6.07, 6.45) is 1.32. The van der Waals surface area contributed by atoms with Crippen LogP contribution in [0.15, 0.2) is 53.4 Å². The Morgan fingerprint density at radius 1 is 1.07 bits per heavy atom. The van der Waals surface area contributed by atoms with Crippen LogP contribution in [0.25, 0.3) is 0 Å². The van der Waals surface area contributed by atoms with Gasteiger partial charge in [-0.15, -0.1) is 0 Å². The molecule has 2 aliphatic rings. The number of carbonyl (C=O) groups is 1. The maximum absolute atomic E-state index is 13.2. The lowest BCUT2D eigenvalue weighted by atomic mass is 9.97. The fourth-order valence-corrected chi connectivity index (χ4v) is 5.39. The van der Waals surface area contributed by atoms with Gasteiger partial charge in [0.1, 0.15) is 12.4 Å². The van der Waals surface area contributed by atoms with E-state index in [0.29, 0.717) is 43.3 Å². The monoisotopic (exact) mass is 420 g/mol. The number of amides is 1. The van der Waals surface area contributed by atoms with Gasteiger partial charge in [0, 0.05) is 18.1 Å². The summed E-state index contributed by atoms with van der Waals surface area (Å²) in [7, 11) is -3.66. The average Bonchev–Trinajstić information content (AvgIpc) is 2.73. The molecule has 2 aromatic rings. The van der Waals surface area contributed by atoms with E-state index >= 15 is 0 Å². The predicted octanol–water partition coefficient (Wildman–Crippen LogP) is 3.17. The van der Waals surface area contributed by atoms with Gasteiger partial charge in [-0.25, -0.2) is 8.42 Å². The maximum Gasteiger partial charge on any atom is 0.243 e. The first kappa shape index (κ1) is 19.2. The average molecular weight is 421 g/mol. The number of benzene rings is 2. The van der Waals surface area contributed by atoms with Crippen LogP contribution in [0, 0.1) is 5.92 Å². The lowest BCUT2D eigenvalue weighted by Crippen LogP contribution is -2.48. The molecule has 0 aromatic heterocycles. The number of rotatable bonds is 3. The Labute approximate surface area is 169 Å². The highest BCUT2D eigenvalue weighted by Gasteiger charge is 2.36. The van der Waals surface area contributed by atoms with Crippen LogP contribution in [-0.2, 0) is 14.8 Å². The van der Waals surface area contributed by atoms with Gasteiger partial charge in [-0.2, -0.15) is 4.31 Å². The van der Waals surface area contributed by atoms with E-state index in [1.165, 1.54) is 16.4 Å². The number of anilines is 1. The largest absolute Gasteiger partial charge is 0.490 e. The molecule has 1 atom stereocenters. The molecular formula is C20H21ClN2O4S. The zero-order valence-corrected chi connectivity index (χ0v) is 16.8. The Balaban J connectivity index is 1.54. The Kier molecular flexibility index (Phi) is 5.31. The second kappa shape index (κ2) is 7.73. The van der Waals surface area contributed by atoms with Gasteiger partial charge in [-0.1, -0.05) is 23.7 Å². The van der Waals surface area contributed by atoms with Crippen molar-refractivity contribution in [3.8, 4) is 5.75 Å². The van der Waals surface area contributed by atoms with Crippen molar-refractivity contribution in [3.63, 3.8) is 0 Å². The van der Waals surface area contributed by atoms with Crippen LogP contribution < -0.4 is 9.64 Å². The Morgan fingerprint density at radius 2 is 1.82 bits per heavy atom. The van der Waals surface area contributed by atoms with Gasteiger partial charge in [0.05, 0.1) is 23.0 Å². The van der Waals surface area contributed by atoms with Crippen LogP contribution in [0.1, 0.15) is 12.8 Å². The van der Waals surface area contributed by atoms with E-state index in [1.54, 1.807) is 17.0 Å². The third-order valence-electron chi connectivity index (χ3n) is 5.18. The smallest absolute Gasteiger partial charge is 0.243 e. The third kappa shape index (κ3) is 3.62. The van der Waals surface area contributed by atoms with Gasteiger partial charge in [-0.3, -0.25) is 4.79 Å². The molecule has 1 amide bonds. The third-order valence-corrected chi connectivity index (χ3v) is 7.31. The number of sulfonamides is 1. The molecule has 0 saturated carbocycles. The minimum absolute atomic E-state index is 0.0493. The highest BCUT2D eigenvalue weighted by atomic mass is 35.5. The minimum Gasteiger partial charge on any atom is -0.490 e. The van der Waals surface area contributed by atoms with Crippen LogP contribution in [0.4, 0.5) is 5.69 Å². The summed E-state index contributed by atoms with van der Waals surface area (Å²) >= 11 is 5.87. The number of piperidine rings is 1. The minimum atomic E-state index is -3.66. The van der Waals surface area contributed by atoms with Crippen LogP contribution in [0.3, 0.4) is 0 Å².